The Hall–Kier alpha value is -3.82. The van der Waals surface area contributed by atoms with Crippen LogP contribution >= 0.6 is 0 Å². The van der Waals surface area contributed by atoms with Gasteiger partial charge in [0.15, 0.2) is 0 Å². The molecule has 0 saturated carbocycles. The Labute approximate surface area is 191 Å². The topological polar surface area (TPSA) is 155 Å². The number of carbonyl (C=O) groups excluding carboxylic acids is 4. The number of rotatable bonds is 9. The van der Waals surface area contributed by atoms with E-state index in [2.05, 4.69) is 20.9 Å². The fourth-order valence-corrected chi connectivity index (χ4v) is 3.17. The largest absolute Gasteiger partial charge is 0.481 e. The molecule has 0 saturated heterocycles. The van der Waals surface area contributed by atoms with Crippen LogP contribution in [0.15, 0.2) is 36.5 Å². The quantitative estimate of drug-likeness (QED) is 0.411. The molecule has 0 fully saturated rings. The van der Waals surface area contributed by atoms with Crippen molar-refractivity contribution in [1.29, 1.82) is 0 Å². The Balaban J connectivity index is 2.15. The highest BCUT2D eigenvalue weighted by Crippen LogP contribution is 2.21. The van der Waals surface area contributed by atoms with E-state index in [4.69, 9.17) is 5.11 Å². The number of carboxylic acids is 1. The van der Waals surface area contributed by atoms with Gasteiger partial charge in [0.25, 0.3) is 5.91 Å². The molecule has 2 rings (SSSR count). The number of aromatic nitrogens is 1. The number of fused-ring (bicyclic) bond motifs is 1. The van der Waals surface area contributed by atoms with Crippen molar-refractivity contribution in [3.8, 4) is 0 Å². The summed E-state index contributed by atoms with van der Waals surface area (Å²) in [7, 11) is 0. The molecule has 1 aromatic carbocycles. The van der Waals surface area contributed by atoms with Gasteiger partial charge in [-0.2, -0.15) is 0 Å². The fraction of sp³-hybridized carbons (Fsp3) is 0.391. The van der Waals surface area contributed by atoms with E-state index in [1.165, 1.54) is 13.1 Å². The minimum atomic E-state index is -1.25. The molecule has 176 valence electrons. The van der Waals surface area contributed by atoms with Crippen LogP contribution in [0.5, 0.6) is 0 Å². The number of hydrogen-bond donors (Lipinski definition) is 4. The maximum Gasteiger partial charge on any atom is 0.305 e. The summed E-state index contributed by atoms with van der Waals surface area (Å²) >= 11 is 0. The zero-order chi connectivity index (χ0) is 24.8. The molecule has 1 heterocycles. The molecule has 10 heteroatoms. The van der Waals surface area contributed by atoms with Gasteiger partial charge >= 0.3 is 5.97 Å². The molecule has 33 heavy (non-hydrogen) atoms. The molecule has 0 unspecified atom stereocenters. The lowest BCUT2D eigenvalue weighted by atomic mass is 9.85. The lowest BCUT2D eigenvalue weighted by Crippen LogP contribution is -2.57. The van der Waals surface area contributed by atoms with Gasteiger partial charge in [0.2, 0.25) is 11.8 Å². The summed E-state index contributed by atoms with van der Waals surface area (Å²) in [5.74, 6) is -3.13. The van der Waals surface area contributed by atoms with E-state index in [9.17, 15) is 24.0 Å². The SMILES string of the molecule is C[C@H](NC(=O)[C@@H](NC(=O)c1nccc2ccccc12)C(C)(C)C)C(=O)N[C@H](C=O)CC(=O)O. The molecular weight excluding hydrogens is 428 g/mol. The van der Waals surface area contributed by atoms with E-state index < -0.39 is 53.7 Å². The Morgan fingerprint density at radius 2 is 1.70 bits per heavy atom. The van der Waals surface area contributed by atoms with Crippen LogP contribution in [0.4, 0.5) is 0 Å². The zero-order valence-electron chi connectivity index (χ0n) is 18.9. The van der Waals surface area contributed by atoms with Crippen molar-refractivity contribution < 1.29 is 29.1 Å². The second-order valence-electron chi connectivity index (χ2n) is 8.73. The molecule has 0 aliphatic carbocycles. The lowest BCUT2D eigenvalue weighted by Gasteiger charge is -2.31. The zero-order valence-corrected chi connectivity index (χ0v) is 18.9. The molecule has 0 bridgehead atoms. The first-order chi connectivity index (χ1) is 15.4. The average Bonchev–Trinajstić information content (AvgIpc) is 2.74. The number of benzene rings is 1. The molecule has 3 atom stereocenters. The van der Waals surface area contributed by atoms with Crippen molar-refractivity contribution in [3.05, 3.63) is 42.2 Å². The van der Waals surface area contributed by atoms with E-state index in [1.807, 2.05) is 12.1 Å². The van der Waals surface area contributed by atoms with Crippen molar-refractivity contribution >= 4 is 40.7 Å². The van der Waals surface area contributed by atoms with Gasteiger partial charge < -0.3 is 25.9 Å². The number of carboxylic acid groups (broad SMARTS) is 1. The van der Waals surface area contributed by atoms with E-state index in [-0.39, 0.29) is 5.69 Å². The highest BCUT2D eigenvalue weighted by atomic mass is 16.4. The standard InChI is InChI=1S/C23H28N4O6/c1-13(20(31)26-15(12-28)11-17(29)30)25-22(33)19(23(2,3)4)27-21(32)18-16-8-6-5-7-14(16)9-10-24-18/h5-10,12-13,15,19H,11H2,1-4H3,(H,25,33)(H,26,31)(H,27,32)(H,29,30)/t13-,15-,19+/m0/s1. The third-order valence-electron chi connectivity index (χ3n) is 4.93. The van der Waals surface area contributed by atoms with Crippen molar-refractivity contribution in [2.75, 3.05) is 0 Å². The highest BCUT2D eigenvalue weighted by molar-refractivity contribution is 6.06. The number of hydrogen-bond acceptors (Lipinski definition) is 6. The first kappa shape index (κ1) is 25.4. The molecule has 10 nitrogen and oxygen atoms in total. The highest BCUT2D eigenvalue weighted by Gasteiger charge is 2.35. The van der Waals surface area contributed by atoms with Crippen LogP contribution in [0, 0.1) is 5.41 Å². The second-order valence-corrected chi connectivity index (χ2v) is 8.73. The van der Waals surface area contributed by atoms with Crippen molar-refractivity contribution in [2.45, 2.75) is 52.2 Å². The second kappa shape index (κ2) is 10.7. The third kappa shape index (κ3) is 6.83. The van der Waals surface area contributed by atoms with E-state index in [0.717, 1.165) is 5.39 Å². The molecule has 1 aromatic heterocycles. The van der Waals surface area contributed by atoms with Gasteiger partial charge in [0.1, 0.15) is 24.1 Å². The summed E-state index contributed by atoms with van der Waals surface area (Å²) in [5, 5.41) is 17.7. The Morgan fingerprint density at radius 3 is 2.30 bits per heavy atom. The van der Waals surface area contributed by atoms with Crippen molar-refractivity contribution in [3.63, 3.8) is 0 Å². The number of pyridine rings is 1. The van der Waals surface area contributed by atoms with Gasteiger partial charge in [-0.15, -0.1) is 0 Å². The normalized spacial score (nSPS) is 13.9. The molecule has 4 N–H and O–H groups in total. The van der Waals surface area contributed by atoms with Crippen LogP contribution in [0.1, 0.15) is 44.6 Å². The smallest absolute Gasteiger partial charge is 0.305 e. The number of nitrogens with one attached hydrogen (secondary N) is 3. The molecule has 0 aliphatic rings. The lowest BCUT2D eigenvalue weighted by molar-refractivity contribution is -0.139. The number of aliphatic carboxylic acids is 1. The summed E-state index contributed by atoms with van der Waals surface area (Å²) in [4.78, 5) is 64.2. The van der Waals surface area contributed by atoms with E-state index in [1.54, 1.807) is 39.0 Å². The first-order valence-corrected chi connectivity index (χ1v) is 10.4. The van der Waals surface area contributed by atoms with Crippen LogP contribution in [0.2, 0.25) is 0 Å². The number of carbonyl (C=O) groups is 5. The van der Waals surface area contributed by atoms with Crippen LogP contribution in [-0.4, -0.2) is 58.2 Å². The molecule has 0 aliphatic heterocycles. The van der Waals surface area contributed by atoms with Crippen molar-refractivity contribution in [2.24, 2.45) is 5.41 Å². The molecule has 0 spiro atoms. The predicted molar refractivity (Wildman–Crippen MR) is 120 cm³/mol. The Kier molecular flexibility index (Phi) is 8.22. The Bertz CT molecular complexity index is 1060. The predicted octanol–water partition coefficient (Wildman–Crippen LogP) is 1.04. The van der Waals surface area contributed by atoms with Gasteiger partial charge in [0.05, 0.1) is 12.5 Å². The molecule has 3 amide bonds. The average molecular weight is 456 g/mol. The van der Waals surface area contributed by atoms with Gasteiger partial charge in [-0.25, -0.2) is 0 Å². The number of nitrogens with zero attached hydrogens (tertiary/aromatic N) is 1. The number of aldehydes is 1. The van der Waals surface area contributed by atoms with Crippen LogP contribution in [0.3, 0.4) is 0 Å². The van der Waals surface area contributed by atoms with Gasteiger partial charge in [-0.1, -0.05) is 45.0 Å². The molecular formula is C23H28N4O6. The summed E-state index contributed by atoms with van der Waals surface area (Å²) in [6.45, 7) is 6.67. The minimum absolute atomic E-state index is 0.170. The summed E-state index contributed by atoms with van der Waals surface area (Å²) in [5.41, 5.74) is -0.543. The van der Waals surface area contributed by atoms with Gasteiger partial charge in [0, 0.05) is 11.6 Å². The summed E-state index contributed by atoms with van der Waals surface area (Å²) in [6.07, 6.45) is 1.25. The molecule has 0 radical (unpaired) electrons. The number of amides is 3. The maximum atomic E-state index is 13.0. The van der Waals surface area contributed by atoms with Gasteiger partial charge in [-0.05, 0) is 23.8 Å². The van der Waals surface area contributed by atoms with Crippen LogP contribution < -0.4 is 16.0 Å². The summed E-state index contributed by atoms with van der Waals surface area (Å²) in [6, 6.07) is 5.70. The monoisotopic (exact) mass is 456 g/mol. The van der Waals surface area contributed by atoms with Crippen LogP contribution in [-0.2, 0) is 19.2 Å². The molecule has 2 aromatic rings. The van der Waals surface area contributed by atoms with Gasteiger partial charge in [-0.3, -0.25) is 24.2 Å². The first-order valence-electron chi connectivity index (χ1n) is 10.4. The fourth-order valence-electron chi connectivity index (χ4n) is 3.17. The third-order valence-corrected chi connectivity index (χ3v) is 4.93. The van der Waals surface area contributed by atoms with E-state index in [0.29, 0.717) is 11.7 Å². The van der Waals surface area contributed by atoms with Crippen molar-refractivity contribution in [1.82, 2.24) is 20.9 Å². The Morgan fingerprint density at radius 1 is 1.03 bits per heavy atom. The van der Waals surface area contributed by atoms with E-state index >= 15 is 0 Å². The maximum absolute atomic E-state index is 13.0. The minimum Gasteiger partial charge on any atom is -0.481 e. The van der Waals surface area contributed by atoms with Crippen LogP contribution in [0.25, 0.3) is 10.8 Å². The summed E-state index contributed by atoms with van der Waals surface area (Å²) < 4.78 is 0.